The molecule has 1 aromatic carbocycles. The molecule has 0 N–H and O–H groups in total. The number of hydrogen-bond acceptors (Lipinski definition) is 7. The number of fused-ring (bicyclic) bond motifs is 1. The van der Waals surface area contributed by atoms with E-state index in [1.807, 2.05) is 0 Å². The van der Waals surface area contributed by atoms with Gasteiger partial charge in [0.05, 0.1) is 11.8 Å². The summed E-state index contributed by atoms with van der Waals surface area (Å²) in [6.07, 6.45) is 1.54. The molecule has 24 heavy (non-hydrogen) atoms. The summed E-state index contributed by atoms with van der Waals surface area (Å²) in [6.45, 7) is 0.957. The van der Waals surface area contributed by atoms with Gasteiger partial charge in [-0.25, -0.2) is 4.79 Å². The Hall–Kier alpha value is -3.22. The Morgan fingerprint density at radius 3 is 2.79 bits per heavy atom. The summed E-state index contributed by atoms with van der Waals surface area (Å²) >= 11 is 0. The van der Waals surface area contributed by atoms with Gasteiger partial charge in [0.15, 0.2) is 17.3 Å². The summed E-state index contributed by atoms with van der Waals surface area (Å²) in [5.41, 5.74) is 0.876. The number of carbonyl (C=O) groups excluding carboxylic acids is 1. The lowest BCUT2D eigenvalue weighted by Gasteiger charge is -2.18. The third kappa shape index (κ3) is 2.83. The molecule has 0 bridgehead atoms. The fourth-order valence-corrected chi connectivity index (χ4v) is 2.31. The minimum atomic E-state index is -0.477. The third-order valence-corrected chi connectivity index (χ3v) is 3.45. The normalized spacial score (nSPS) is 12.8. The van der Waals surface area contributed by atoms with Crippen molar-refractivity contribution in [2.24, 2.45) is 0 Å². The van der Waals surface area contributed by atoms with E-state index in [0.717, 1.165) is 0 Å². The van der Waals surface area contributed by atoms with Gasteiger partial charge in [0.2, 0.25) is 5.76 Å². The number of hydrogen-bond donors (Lipinski definition) is 0. The summed E-state index contributed by atoms with van der Waals surface area (Å²) in [4.78, 5) is 12.1. The van der Waals surface area contributed by atoms with Crippen LogP contribution in [-0.4, -0.2) is 24.3 Å². The highest BCUT2D eigenvalue weighted by molar-refractivity contribution is 5.90. The van der Waals surface area contributed by atoms with Crippen molar-refractivity contribution in [1.29, 1.82) is 0 Å². The number of carbonyl (C=O) groups is 1. The Morgan fingerprint density at radius 1 is 1.08 bits per heavy atom. The van der Waals surface area contributed by atoms with Gasteiger partial charge in [0, 0.05) is 6.07 Å². The zero-order chi connectivity index (χ0) is 16.4. The molecular formula is C17H13NO6. The van der Waals surface area contributed by atoms with E-state index in [1.54, 1.807) is 42.7 Å². The monoisotopic (exact) mass is 327 g/mol. The van der Waals surface area contributed by atoms with Crippen LogP contribution in [0.25, 0.3) is 11.5 Å². The minimum Gasteiger partial charge on any atom is -0.486 e. The van der Waals surface area contributed by atoms with Crippen LogP contribution >= 0.6 is 0 Å². The first-order chi connectivity index (χ1) is 11.8. The van der Waals surface area contributed by atoms with Crippen molar-refractivity contribution in [2.45, 2.75) is 6.61 Å². The third-order valence-electron chi connectivity index (χ3n) is 3.45. The molecule has 3 heterocycles. The van der Waals surface area contributed by atoms with E-state index in [1.165, 1.54) is 0 Å². The van der Waals surface area contributed by atoms with Crippen LogP contribution in [0.1, 0.15) is 16.1 Å². The highest BCUT2D eigenvalue weighted by atomic mass is 16.6. The average Bonchev–Trinajstić information content (AvgIpc) is 3.30. The molecule has 0 saturated carbocycles. The predicted molar refractivity (Wildman–Crippen MR) is 80.8 cm³/mol. The van der Waals surface area contributed by atoms with Gasteiger partial charge in [-0.2, -0.15) is 0 Å². The van der Waals surface area contributed by atoms with Crippen molar-refractivity contribution < 1.29 is 27.9 Å². The summed E-state index contributed by atoms with van der Waals surface area (Å²) in [5, 5.41) is 3.85. The SMILES string of the molecule is O=C(OCc1cc(-c2ccco2)on1)c1ccc2c(c1)OCCO2. The van der Waals surface area contributed by atoms with Crippen molar-refractivity contribution in [3.63, 3.8) is 0 Å². The molecule has 0 spiro atoms. The number of esters is 1. The maximum atomic E-state index is 12.1. The van der Waals surface area contributed by atoms with Crippen LogP contribution in [0.15, 0.2) is 51.6 Å². The second kappa shape index (κ2) is 6.11. The topological polar surface area (TPSA) is 83.9 Å². The van der Waals surface area contributed by atoms with E-state index in [4.69, 9.17) is 23.2 Å². The number of rotatable bonds is 4. The van der Waals surface area contributed by atoms with Crippen molar-refractivity contribution in [3.8, 4) is 23.0 Å². The molecule has 122 valence electrons. The number of benzene rings is 1. The molecule has 7 nitrogen and oxygen atoms in total. The minimum absolute atomic E-state index is 0.00250. The molecule has 0 fully saturated rings. The Labute approximate surface area is 136 Å². The smallest absolute Gasteiger partial charge is 0.338 e. The second-order valence-electron chi connectivity index (χ2n) is 5.09. The standard InChI is InChI=1S/C17H13NO6/c19-17(11-3-4-14-15(8-11)22-7-6-21-14)23-10-12-9-16(24-18-12)13-2-1-5-20-13/h1-5,8-9H,6-7,10H2. The quantitative estimate of drug-likeness (QED) is 0.681. The van der Waals surface area contributed by atoms with Gasteiger partial charge in [-0.1, -0.05) is 5.16 Å². The molecule has 4 rings (SSSR count). The molecule has 0 atom stereocenters. The molecule has 3 aromatic rings. The fraction of sp³-hybridized carbons (Fsp3) is 0.176. The Balaban J connectivity index is 1.41. The molecule has 1 aliphatic rings. The highest BCUT2D eigenvalue weighted by Gasteiger charge is 2.17. The molecule has 0 amide bonds. The Kier molecular flexibility index (Phi) is 3.66. The summed E-state index contributed by atoms with van der Waals surface area (Å²) in [6, 6.07) is 10.1. The van der Waals surface area contributed by atoms with Gasteiger partial charge in [-0.15, -0.1) is 0 Å². The van der Waals surface area contributed by atoms with Crippen molar-refractivity contribution in [3.05, 3.63) is 53.9 Å². The van der Waals surface area contributed by atoms with Crippen LogP contribution in [0, 0.1) is 0 Å². The zero-order valence-electron chi connectivity index (χ0n) is 12.6. The molecule has 2 aromatic heterocycles. The summed E-state index contributed by atoms with van der Waals surface area (Å²) < 4.78 is 26.5. The van der Waals surface area contributed by atoms with Gasteiger partial charge in [0.25, 0.3) is 0 Å². The lowest BCUT2D eigenvalue weighted by atomic mass is 10.2. The van der Waals surface area contributed by atoms with Gasteiger partial charge >= 0.3 is 5.97 Å². The maximum absolute atomic E-state index is 12.1. The predicted octanol–water partition coefficient (Wildman–Crippen LogP) is 3.06. The molecule has 0 saturated heterocycles. The zero-order valence-corrected chi connectivity index (χ0v) is 12.6. The molecule has 0 unspecified atom stereocenters. The average molecular weight is 327 g/mol. The van der Waals surface area contributed by atoms with E-state index in [-0.39, 0.29) is 6.61 Å². The molecule has 0 radical (unpaired) electrons. The largest absolute Gasteiger partial charge is 0.486 e. The molecule has 7 heteroatoms. The van der Waals surface area contributed by atoms with E-state index in [0.29, 0.717) is 47.5 Å². The van der Waals surface area contributed by atoms with Crippen LogP contribution in [0.4, 0.5) is 0 Å². The second-order valence-corrected chi connectivity index (χ2v) is 5.09. The maximum Gasteiger partial charge on any atom is 0.338 e. The number of ether oxygens (including phenoxy) is 3. The van der Waals surface area contributed by atoms with Crippen molar-refractivity contribution >= 4 is 5.97 Å². The van der Waals surface area contributed by atoms with E-state index < -0.39 is 5.97 Å². The number of nitrogens with zero attached hydrogens (tertiary/aromatic N) is 1. The van der Waals surface area contributed by atoms with Gasteiger partial charge in [-0.3, -0.25) is 0 Å². The van der Waals surface area contributed by atoms with Crippen LogP contribution in [0.3, 0.4) is 0 Å². The first-order valence-corrected chi connectivity index (χ1v) is 7.36. The van der Waals surface area contributed by atoms with Crippen molar-refractivity contribution in [1.82, 2.24) is 5.16 Å². The van der Waals surface area contributed by atoms with Gasteiger partial charge in [-0.05, 0) is 30.3 Å². The summed E-state index contributed by atoms with van der Waals surface area (Å²) in [7, 11) is 0. The van der Waals surface area contributed by atoms with E-state index in [2.05, 4.69) is 5.16 Å². The Bertz CT molecular complexity index is 852. The molecular weight excluding hydrogens is 314 g/mol. The lowest BCUT2D eigenvalue weighted by Crippen LogP contribution is -2.16. The van der Waals surface area contributed by atoms with Gasteiger partial charge < -0.3 is 23.2 Å². The lowest BCUT2D eigenvalue weighted by molar-refractivity contribution is 0.0463. The highest BCUT2D eigenvalue weighted by Crippen LogP contribution is 2.31. The van der Waals surface area contributed by atoms with E-state index in [9.17, 15) is 4.79 Å². The number of furan rings is 1. The molecule has 1 aliphatic heterocycles. The summed E-state index contributed by atoms with van der Waals surface area (Å²) in [5.74, 6) is 1.72. The fourth-order valence-electron chi connectivity index (χ4n) is 2.31. The first kappa shape index (κ1) is 14.4. The van der Waals surface area contributed by atoms with Crippen LogP contribution in [0.5, 0.6) is 11.5 Å². The number of aromatic nitrogens is 1. The molecule has 0 aliphatic carbocycles. The Morgan fingerprint density at radius 2 is 1.96 bits per heavy atom. The van der Waals surface area contributed by atoms with Crippen LogP contribution < -0.4 is 9.47 Å². The van der Waals surface area contributed by atoms with Gasteiger partial charge in [0.1, 0.15) is 25.5 Å². The van der Waals surface area contributed by atoms with Crippen LogP contribution in [-0.2, 0) is 11.3 Å². The first-order valence-electron chi connectivity index (χ1n) is 7.36. The van der Waals surface area contributed by atoms with Crippen LogP contribution in [0.2, 0.25) is 0 Å². The van der Waals surface area contributed by atoms with E-state index >= 15 is 0 Å². The van der Waals surface area contributed by atoms with Crippen molar-refractivity contribution in [2.75, 3.05) is 13.2 Å².